The maximum atomic E-state index is 12.3. The number of hydrogen-bond donors (Lipinski definition) is 1. The van der Waals surface area contributed by atoms with E-state index in [4.69, 9.17) is 0 Å². The molecule has 0 unspecified atom stereocenters. The van der Waals surface area contributed by atoms with Crippen molar-refractivity contribution in [3.63, 3.8) is 0 Å². The third kappa shape index (κ3) is 3.38. The number of nitriles is 1. The van der Waals surface area contributed by atoms with E-state index in [2.05, 4.69) is 10.8 Å². The minimum Gasteiger partial charge on any atom is -0.211 e. The summed E-state index contributed by atoms with van der Waals surface area (Å²) in [7, 11) is -3.53. The van der Waals surface area contributed by atoms with Gasteiger partial charge in [-0.15, -0.1) is 0 Å². The molecule has 1 aromatic rings. The van der Waals surface area contributed by atoms with E-state index in [1.807, 2.05) is 27.7 Å². The molecule has 0 heterocycles. The molecule has 110 valence electrons. The zero-order valence-corrected chi connectivity index (χ0v) is 13.5. The Labute approximate surface area is 121 Å². The number of nitrogens with one attached hydrogen (secondary N) is 1. The van der Waals surface area contributed by atoms with Crippen LogP contribution < -0.4 is 4.72 Å². The molecule has 20 heavy (non-hydrogen) atoms. The summed E-state index contributed by atoms with van der Waals surface area (Å²) in [5.41, 5.74) is 2.01. The number of hydrogen-bond acceptors (Lipinski definition) is 3. The topological polar surface area (TPSA) is 70.0 Å². The second-order valence-electron chi connectivity index (χ2n) is 5.40. The third-order valence-corrected chi connectivity index (χ3v) is 4.77. The average molecular weight is 294 g/mol. The summed E-state index contributed by atoms with van der Waals surface area (Å²) in [6.45, 7) is 9.85. The molecule has 4 nitrogen and oxygen atoms in total. The number of sulfonamides is 1. The minimum absolute atomic E-state index is 0.0340. The first-order chi connectivity index (χ1) is 9.24. The van der Waals surface area contributed by atoms with Gasteiger partial charge in [-0.3, -0.25) is 0 Å². The lowest BCUT2D eigenvalue weighted by molar-refractivity contribution is 0.581. The molecule has 0 aromatic heterocycles. The van der Waals surface area contributed by atoms with Crippen molar-refractivity contribution in [3.8, 4) is 6.07 Å². The molecular weight excluding hydrogens is 272 g/mol. The van der Waals surface area contributed by atoms with Crippen LogP contribution in [0.4, 0.5) is 0 Å². The molecule has 0 bridgehead atoms. The fraction of sp³-hybridized carbons (Fsp3) is 0.533. The fourth-order valence-corrected chi connectivity index (χ4v) is 3.56. The highest BCUT2D eigenvalue weighted by Gasteiger charge is 2.22. The van der Waals surface area contributed by atoms with Gasteiger partial charge in [-0.25, -0.2) is 13.1 Å². The van der Waals surface area contributed by atoms with Gasteiger partial charge in [0, 0.05) is 6.54 Å². The summed E-state index contributed by atoms with van der Waals surface area (Å²) in [4.78, 5) is 0.289. The first-order valence-corrected chi connectivity index (χ1v) is 8.30. The van der Waals surface area contributed by atoms with Gasteiger partial charge in [0.05, 0.1) is 16.5 Å². The van der Waals surface area contributed by atoms with Gasteiger partial charge in [-0.1, -0.05) is 34.6 Å². The predicted molar refractivity (Wildman–Crippen MR) is 80.2 cm³/mol. The zero-order valence-electron chi connectivity index (χ0n) is 12.7. The van der Waals surface area contributed by atoms with Gasteiger partial charge >= 0.3 is 0 Å². The van der Waals surface area contributed by atoms with Crippen LogP contribution in [0.5, 0.6) is 0 Å². The SMILES string of the molecule is CCNS(=O)(=O)c1cc(C(C)C)c(C#N)cc1C(C)C. The van der Waals surface area contributed by atoms with Crippen molar-refractivity contribution in [1.29, 1.82) is 5.26 Å². The second kappa shape index (κ2) is 6.38. The van der Waals surface area contributed by atoms with Gasteiger partial charge in [0.15, 0.2) is 0 Å². The summed E-state index contributed by atoms with van der Waals surface area (Å²) in [6.07, 6.45) is 0. The predicted octanol–water partition coefficient (Wildman–Crippen LogP) is 3.10. The highest BCUT2D eigenvalue weighted by molar-refractivity contribution is 7.89. The van der Waals surface area contributed by atoms with E-state index in [-0.39, 0.29) is 16.7 Å². The Hall–Kier alpha value is -1.38. The van der Waals surface area contributed by atoms with Gasteiger partial charge in [0.1, 0.15) is 0 Å². The van der Waals surface area contributed by atoms with E-state index in [0.29, 0.717) is 17.7 Å². The highest BCUT2D eigenvalue weighted by atomic mass is 32.2. The van der Waals surface area contributed by atoms with E-state index < -0.39 is 10.0 Å². The third-order valence-electron chi connectivity index (χ3n) is 3.17. The van der Waals surface area contributed by atoms with Crippen LogP contribution in [-0.4, -0.2) is 15.0 Å². The van der Waals surface area contributed by atoms with Crippen molar-refractivity contribution >= 4 is 10.0 Å². The normalized spacial score (nSPS) is 11.9. The molecule has 0 fully saturated rings. The fourth-order valence-electron chi connectivity index (χ4n) is 2.14. The van der Waals surface area contributed by atoms with E-state index in [1.54, 1.807) is 19.1 Å². The van der Waals surface area contributed by atoms with Crippen molar-refractivity contribution in [2.75, 3.05) is 6.54 Å². The summed E-state index contributed by atoms with van der Waals surface area (Å²) < 4.78 is 27.2. The Kier molecular flexibility index (Phi) is 5.32. The molecule has 0 amide bonds. The van der Waals surface area contributed by atoms with Gasteiger partial charge in [-0.05, 0) is 35.1 Å². The Balaban J connectivity index is 3.65. The van der Waals surface area contributed by atoms with Crippen LogP contribution in [0.3, 0.4) is 0 Å². The molecule has 0 saturated carbocycles. The lowest BCUT2D eigenvalue weighted by Gasteiger charge is -2.18. The maximum Gasteiger partial charge on any atom is 0.240 e. The molecule has 0 saturated heterocycles. The molecule has 5 heteroatoms. The van der Waals surface area contributed by atoms with Gasteiger partial charge in [0.25, 0.3) is 0 Å². The standard InChI is InChI=1S/C15H22N2O2S/c1-6-17-20(18,19)15-8-13(10(2)3)12(9-16)7-14(15)11(4)5/h7-8,10-11,17H,6H2,1-5H3. The quantitative estimate of drug-likeness (QED) is 0.907. The summed E-state index contributed by atoms with van der Waals surface area (Å²) in [5, 5.41) is 9.26. The van der Waals surface area contributed by atoms with Crippen LogP contribution in [-0.2, 0) is 10.0 Å². The summed E-state index contributed by atoms with van der Waals surface area (Å²) in [5.74, 6) is 0.133. The number of benzene rings is 1. The highest BCUT2D eigenvalue weighted by Crippen LogP contribution is 2.30. The first-order valence-electron chi connectivity index (χ1n) is 6.82. The van der Waals surface area contributed by atoms with Crippen molar-refractivity contribution in [2.24, 2.45) is 0 Å². The van der Waals surface area contributed by atoms with Crippen molar-refractivity contribution < 1.29 is 8.42 Å². The minimum atomic E-state index is -3.53. The van der Waals surface area contributed by atoms with Crippen LogP contribution in [0, 0.1) is 11.3 Å². The van der Waals surface area contributed by atoms with Crippen molar-refractivity contribution in [1.82, 2.24) is 4.72 Å². The van der Waals surface area contributed by atoms with Crippen molar-refractivity contribution in [2.45, 2.75) is 51.3 Å². The molecule has 0 aliphatic rings. The number of nitrogens with zero attached hydrogens (tertiary/aromatic N) is 1. The lowest BCUT2D eigenvalue weighted by atomic mass is 9.92. The Bertz CT molecular complexity index is 626. The molecule has 1 N–H and O–H groups in total. The van der Waals surface area contributed by atoms with Crippen LogP contribution in [0.15, 0.2) is 17.0 Å². The molecule has 0 aliphatic carbocycles. The van der Waals surface area contributed by atoms with E-state index in [9.17, 15) is 13.7 Å². The Morgan fingerprint density at radius 3 is 2.10 bits per heavy atom. The molecule has 0 aliphatic heterocycles. The van der Waals surface area contributed by atoms with E-state index in [0.717, 1.165) is 5.56 Å². The molecule has 0 spiro atoms. The Morgan fingerprint density at radius 2 is 1.70 bits per heavy atom. The summed E-state index contributed by atoms with van der Waals surface area (Å²) >= 11 is 0. The average Bonchev–Trinajstić information content (AvgIpc) is 2.36. The van der Waals surface area contributed by atoms with Crippen LogP contribution in [0.2, 0.25) is 0 Å². The second-order valence-corrected chi connectivity index (χ2v) is 7.14. The molecule has 1 aromatic carbocycles. The molecular formula is C15H22N2O2S. The van der Waals surface area contributed by atoms with Crippen molar-refractivity contribution in [3.05, 3.63) is 28.8 Å². The van der Waals surface area contributed by atoms with Gasteiger partial charge in [0.2, 0.25) is 10.0 Å². The molecule has 1 rings (SSSR count). The Morgan fingerprint density at radius 1 is 1.15 bits per heavy atom. The van der Waals surface area contributed by atoms with Crippen LogP contribution in [0.25, 0.3) is 0 Å². The maximum absolute atomic E-state index is 12.3. The smallest absolute Gasteiger partial charge is 0.211 e. The monoisotopic (exact) mass is 294 g/mol. The van der Waals surface area contributed by atoms with E-state index >= 15 is 0 Å². The van der Waals surface area contributed by atoms with E-state index in [1.165, 1.54) is 0 Å². The molecule has 0 radical (unpaired) electrons. The summed E-state index contributed by atoms with van der Waals surface area (Å²) in [6, 6.07) is 5.53. The molecule has 0 atom stereocenters. The number of rotatable bonds is 5. The lowest BCUT2D eigenvalue weighted by Crippen LogP contribution is -2.25. The van der Waals surface area contributed by atoms with Gasteiger partial charge in [-0.2, -0.15) is 5.26 Å². The largest absolute Gasteiger partial charge is 0.240 e. The first kappa shape index (κ1) is 16.7. The van der Waals surface area contributed by atoms with Gasteiger partial charge < -0.3 is 0 Å². The van der Waals surface area contributed by atoms with Crippen LogP contribution in [0.1, 0.15) is 63.1 Å². The zero-order chi connectivity index (χ0) is 15.5. The van der Waals surface area contributed by atoms with Crippen LogP contribution >= 0.6 is 0 Å².